The number of nitrogens with zero attached hydrogens (tertiary/aromatic N) is 2. The van der Waals surface area contributed by atoms with E-state index in [9.17, 15) is 32.7 Å². The number of carboxylic acid groups (broad SMARTS) is 1. The van der Waals surface area contributed by atoms with Crippen LogP contribution in [0, 0.1) is 11.3 Å². The number of ether oxygens (including phenoxy) is 2. The number of benzene rings is 2. The molecule has 0 fully saturated rings. The van der Waals surface area contributed by atoms with Crippen molar-refractivity contribution >= 4 is 22.8 Å². The molecular formula is C22H14F3N3O7. The predicted octanol–water partition coefficient (Wildman–Crippen LogP) is 2.43. The first-order chi connectivity index (χ1) is 16.5. The summed E-state index contributed by atoms with van der Waals surface area (Å²) in [6.45, 7) is -1.18. The Morgan fingerprint density at radius 2 is 1.91 bits per heavy atom. The third-order valence-corrected chi connectivity index (χ3v) is 5.19. The summed E-state index contributed by atoms with van der Waals surface area (Å²) in [6.07, 6.45) is -6.01. The Morgan fingerprint density at radius 1 is 1.23 bits per heavy atom. The fourth-order valence-electron chi connectivity index (χ4n) is 3.74. The van der Waals surface area contributed by atoms with Crippen LogP contribution in [0.15, 0.2) is 41.2 Å². The predicted molar refractivity (Wildman–Crippen MR) is 111 cm³/mol. The second kappa shape index (κ2) is 8.56. The number of hydrogen-bond acceptors (Lipinski definition) is 7. The Morgan fingerprint density at radius 3 is 2.51 bits per heavy atom. The number of aliphatic carboxylic acids is 1. The van der Waals surface area contributed by atoms with Gasteiger partial charge in [0.2, 0.25) is 0 Å². The van der Waals surface area contributed by atoms with E-state index in [0.717, 1.165) is 16.7 Å². The van der Waals surface area contributed by atoms with Gasteiger partial charge in [0.25, 0.3) is 11.5 Å². The number of carbonyl (C=O) groups is 2. The van der Waals surface area contributed by atoms with Crippen molar-refractivity contribution in [3.8, 4) is 23.3 Å². The molecule has 1 unspecified atom stereocenters. The van der Waals surface area contributed by atoms with Gasteiger partial charge in [-0.15, -0.1) is 13.2 Å². The van der Waals surface area contributed by atoms with Crippen molar-refractivity contribution < 1.29 is 42.4 Å². The van der Waals surface area contributed by atoms with Crippen LogP contribution in [0.2, 0.25) is 0 Å². The van der Waals surface area contributed by atoms with E-state index in [1.165, 1.54) is 12.1 Å². The monoisotopic (exact) mass is 489 g/mol. The van der Waals surface area contributed by atoms with Gasteiger partial charge < -0.3 is 25.0 Å². The van der Waals surface area contributed by atoms with Crippen LogP contribution in [0.4, 0.5) is 13.2 Å². The highest BCUT2D eigenvalue weighted by molar-refractivity contribution is 6.06. The minimum atomic E-state index is -5.16. The fraction of sp³-hybridized carbons (Fsp3) is 0.182. The fourth-order valence-corrected chi connectivity index (χ4v) is 3.74. The van der Waals surface area contributed by atoms with Crippen LogP contribution < -0.4 is 20.3 Å². The number of nitrogens with one attached hydrogen (secondary N) is 1. The van der Waals surface area contributed by atoms with Crippen molar-refractivity contribution in [2.75, 3.05) is 6.54 Å². The van der Waals surface area contributed by atoms with Gasteiger partial charge in [0.05, 0.1) is 23.6 Å². The maximum atomic E-state index is 13.2. The molecule has 0 saturated carbocycles. The number of pyridine rings is 1. The number of halogens is 3. The zero-order chi connectivity index (χ0) is 25.5. The Kier molecular flexibility index (Phi) is 5.73. The molecule has 1 aliphatic rings. The highest BCUT2D eigenvalue weighted by Gasteiger charge is 2.36. The van der Waals surface area contributed by atoms with Crippen molar-refractivity contribution in [3.05, 3.63) is 63.4 Å². The normalized spacial score (nSPS) is 14.6. The molecule has 13 heteroatoms. The van der Waals surface area contributed by atoms with Gasteiger partial charge in [-0.05, 0) is 29.8 Å². The molecule has 35 heavy (non-hydrogen) atoms. The molecule has 3 aromatic rings. The SMILES string of the molecule is N#Cc1ccc(C2Cn3c(=O)c(C(=O)NCC(=O)O)c(O)c4c(OC(F)(F)F)ccc(c43)O2)cc1. The molecule has 10 nitrogen and oxygen atoms in total. The van der Waals surface area contributed by atoms with E-state index in [0.29, 0.717) is 11.1 Å². The molecule has 2 heterocycles. The average molecular weight is 489 g/mol. The Balaban J connectivity index is 1.93. The van der Waals surface area contributed by atoms with Crippen molar-refractivity contribution in [1.29, 1.82) is 5.26 Å². The second-order valence-electron chi connectivity index (χ2n) is 7.39. The van der Waals surface area contributed by atoms with Gasteiger partial charge in [-0.3, -0.25) is 19.0 Å². The molecule has 1 aromatic heterocycles. The maximum absolute atomic E-state index is 13.2. The number of alkyl halides is 3. The number of aromatic hydroxyl groups is 1. The summed E-state index contributed by atoms with van der Waals surface area (Å²) in [5, 5.41) is 29.8. The van der Waals surface area contributed by atoms with E-state index in [1.807, 2.05) is 11.4 Å². The first kappa shape index (κ1) is 23.4. The van der Waals surface area contributed by atoms with Gasteiger partial charge in [-0.2, -0.15) is 5.26 Å². The molecule has 180 valence electrons. The van der Waals surface area contributed by atoms with Gasteiger partial charge in [-0.25, -0.2) is 0 Å². The van der Waals surface area contributed by atoms with E-state index < -0.39 is 58.9 Å². The van der Waals surface area contributed by atoms with E-state index in [2.05, 4.69) is 4.74 Å². The number of aromatic nitrogens is 1. The van der Waals surface area contributed by atoms with Gasteiger partial charge in [0, 0.05) is 0 Å². The minimum Gasteiger partial charge on any atom is -0.506 e. The lowest BCUT2D eigenvalue weighted by Gasteiger charge is -2.29. The van der Waals surface area contributed by atoms with Gasteiger partial charge in [-0.1, -0.05) is 12.1 Å². The molecular weight excluding hydrogens is 475 g/mol. The molecule has 0 aliphatic carbocycles. The first-order valence-electron chi connectivity index (χ1n) is 9.85. The first-order valence-corrected chi connectivity index (χ1v) is 9.85. The molecule has 1 atom stereocenters. The zero-order valence-corrected chi connectivity index (χ0v) is 17.4. The van der Waals surface area contributed by atoms with Crippen molar-refractivity contribution in [2.45, 2.75) is 19.0 Å². The van der Waals surface area contributed by atoms with Crippen LogP contribution in [0.1, 0.15) is 27.6 Å². The van der Waals surface area contributed by atoms with Crippen LogP contribution in [-0.4, -0.2) is 39.6 Å². The second-order valence-corrected chi connectivity index (χ2v) is 7.39. The molecule has 0 saturated heterocycles. The topological polar surface area (TPSA) is 151 Å². The van der Waals surface area contributed by atoms with Crippen molar-refractivity contribution in [3.63, 3.8) is 0 Å². The summed E-state index contributed by atoms with van der Waals surface area (Å²) in [5.41, 5.74) is -1.39. The molecule has 2 aromatic carbocycles. The molecule has 0 radical (unpaired) electrons. The van der Waals surface area contributed by atoms with Crippen LogP contribution in [0.3, 0.4) is 0 Å². The summed E-state index contributed by atoms with van der Waals surface area (Å²) in [5.74, 6) is -4.83. The molecule has 3 N–H and O–H groups in total. The van der Waals surface area contributed by atoms with Gasteiger partial charge >= 0.3 is 12.3 Å². The van der Waals surface area contributed by atoms with Crippen LogP contribution in [0.5, 0.6) is 17.2 Å². The summed E-state index contributed by atoms with van der Waals surface area (Å²) in [7, 11) is 0. The third kappa shape index (κ3) is 4.41. The summed E-state index contributed by atoms with van der Waals surface area (Å²) in [4.78, 5) is 36.6. The number of carbonyl (C=O) groups excluding carboxylic acids is 1. The summed E-state index contributed by atoms with van der Waals surface area (Å²) < 4.78 is 49.9. The third-order valence-electron chi connectivity index (χ3n) is 5.19. The van der Waals surface area contributed by atoms with Crippen LogP contribution in [0.25, 0.3) is 10.9 Å². The largest absolute Gasteiger partial charge is 0.573 e. The minimum absolute atomic E-state index is 0.0694. The van der Waals surface area contributed by atoms with E-state index in [1.54, 1.807) is 12.1 Å². The highest BCUT2D eigenvalue weighted by atomic mass is 19.4. The summed E-state index contributed by atoms with van der Waals surface area (Å²) >= 11 is 0. The van der Waals surface area contributed by atoms with Crippen molar-refractivity contribution in [2.24, 2.45) is 0 Å². The highest BCUT2D eigenvalue weighted by Crippen LogP contribution is 2.44. The lowest BCUT2D eigenvalue weighted by Crippen LogP contribution is -2.38. The summed E-state index contributed by atoms with van der Waals surface area (Å²) in [6, 6.07) is 10.1. The van der Waals surface area contributed by atoms with Gasteiger partial charge in [0.15, 0.2) is 0 Å². The van der Waals surface area contributed by atoms with E-state index >= 15 is 0 Å². The quantitative estimate of drug-likeness (QED) is 0.494. The lowest BCUT2D eigenvalue weighted by atomic mass is 10.0. The Hall–Kier alpha value is -4.73. The maximum Gasteiger partial charge on any atom is 0.573 e. The number of hydrogen-bond donors (Lipinski definition) is 3. The van der Waals surface area contributed by atoms with E-state index in [4.69, 9.17) is 15.1 Å². The van der Waals surface area contributed by atoms with Gasteiger partial charge in [0.1, 0.15) is 41.0 Å². The lowest BCUT2D eigenvalue weighted by molar-refractivity contribution is -0.274. The number of rotatable bonds is 5. The standard InChI is InChI=1S/C22H14F3N3O7/c23-22(24,25)35-12-5-6-13-18-16(12)19(31)17(20(32)27-8-15(29)30)21(33)28(18)9-14(34-13)11-3-1-10(7-26)2-4-11/h1-6,14,31H,8-9H2,(H,27,32)(H,29,30). The molecule has 1 aliphatic heterocycles. The molecule has 1 amide bonds. The van der Waals surface area contributed by atoms with Crippen molar-refractivity contribution in [1.82, 2.24) is 9.88 Å². The molecule has 0 bridgehead atoms. The smallest absolute Gasteiger partial charge is 0.506 e. The Labute approximate surface area is 193 Å². The zero-order valence-electron chi connectivity index (χ0n) is 17.4. The number of carboxylic acids is 1. The number of nitriles is 1. The van der Waals surface area contributed by atoms with Crippen LogP contribution >= 0.6 is 0 Å². The average Bonchev–Trinajstić information content (AvgIpc) is 2.80. The van der Waals surface area contributed by atoms with E-state index in [-0.39, 0.29) is 17.8 Å². The Bertz CT molecular complexity index is 1460. The van der Waals surface area contributed by atoms with Crippen LogP contribution in [-0.2, 0) is 11.3 Å². The number of amides is 1. The molecule has 0 spiro atoms. The molecule has 4 rings (SSSR count).